The number of fused-ring (bicyclic) bond motifs is 3. The van der Waals surface area contributed by atoms with E-state index in [1.54, 1.807) is 49.2 Å². The van der Waals surface area contributed by atoms with Gasteiger partial charge in [-0.2, -0.15) is 0 Å². The van der Waals surface area contributed by atoms with Crippen LogP contribution < -0.4 is 20.3 Å². The Morgan fingerprint density at radius 3 is 2.41 bits per heavy atom. The highest BCUT2D eigenvalue weighted by Gasteiger charge is 2.46. The topological polar surface area (TPSA) is 160 Å². The number of hydrogen-bond donors (Lipinski definition) is 1. The number of nitrogens with zero attached hydrogens (tertiary/aromatic N) is 5. The Morgan fingerprint density at radius 2 is 1.69 bits per heavy atom. The predicted molar refractivity (Wildman–Crippen MR) is 194 cm³/mol. The fraction of sp³-hybridized carbons (Fsp3) is 0.325. The van der Waals surface area contributed by atoms with Gasteiger partial charge in [-0.15, -0.1) is 0 Å². The first-order chi connectivity index (χ1) is 26.1. The van der Waals surface area contributed by atoms with E-state index >= 15 is 0 Å². The molecule has 3 unspecified atom stereocenters. The molecule has 1 N–H and O–H groups in total. The SMILES string of the molecule is COc1cc(-c2cn(C)c(=O)c3cnccc23)cc(OC)c1CN1CCC2C(C1)CN2C(=O)C#Cc1ccc2c(c1)C(=O)N(C1CCC(=O)NC1=O)C2=O. The monoisotopic (exact) mass is 728 g/mol. The summed E-state index contributed by atoms with van der Waals surface area (Å²) in [5.41, 5.74) is 3.16. The van der Waals surface area contributed by atoms with Gasteiger partial charge in [-0.1, -0.05) is 5.92 Å². The van der Waals surface area contributed by atoms with Gasteiger partial charge in [0.05, 0.1) is 36.3 Å². The van der Waals surface area contributed by atoms with Crippen molar-refractivity contribution in [1.82, 2.24) is 29.6 Å². The third-order valence-corrected chi connectivity index (χ3v) is 10.9. The number of amides is 5. The van der Waals surface area contributed by atoms with Crippen molar-refractivity contribution in [2.75, 3.05) is 33.9 Å². The van der Waals surface area contributed by atoms with Crippen molar-refractivity contribution in [2.24, 2.45) is 13.0 Å². The molecular formula is C40H36N6O8. The van der Waals surface area contributed by atoms with Crippen LogP contribution in [0.15, 0.2) is 59.8 Å². The van der Waals surface area contributed by atoms with E-state index in [0.29, 0.717) is 35.5 Å². The van der Waals surface area contributed by atoms with Crippen LogP contribution in [-0.4, -0.2) is 99.7 Å². The minimum atomic E-state index is -1.06. The van der Waals surface area contributed by atoms with Gasteiger partial charge < -0.3 is 18.9 Å². The van der Waals surface area contributed by atoms with E-state index in [1.807, 2.05) is 24.4 Å². The molecule has 2 aromatic carbocycles. The van der Waals surface area contributed by atoms with Crippen molar-refractivity contribution in [3.63, 3.8) is 0 Å². The first-order valence-electron chi connectivity index (χ1n) is 17.7. The summed E-state index contributed by atoms with van der Waals surface area (Å²) >= 11 is 0. The number of carbonyl (C=O) groups is 5. The van der Waals surface area contributed by atoms with Gasteiger partial charge in [0.25, 0.3) is 23.3 Å². The van der Waals surface area contributed by atoms with Crippen LogP contribution >= 0.6 is 0 Å². The number of piperidine rings is 2. The molecule has 3 atom stereocenters. The van der Waals surface area contributed by atoms with E-state index in [-0.39, 0.29) is 47.4 Å². The van der Waals surface area contributed by atoms with Gasteiger partial charge in [0.15, 0.2) is 0 Å². The number of methoxy groups -OCH3 is 2. The molecule has 8 rings (SSSR count). The highest BCUT2D eigenvalue weighted by molar-refractivity contribution is 6.23. The third-order valence-electron chi connectivity index (χ3n) is 10.9. The lowest BCUT2D eigenvalue weighted by molar-refractivity contribution is -0.141. The highest BCUT2D eigenvalue weighted by atomic mass is 16.5. The summed E-state index contributed by atoms with van der Waals surface area (Å²) in [6.45, 7) is 2.67. The van der Waals surface area contributed by atoms with Crippen molar-refractivity contribution in [2.45, 2.75) is 37.9 Å². The number of benzene rings is 2. The largest absolute Gasteiger partial charge is 0.496 e. The first kappa shape index (κ1) is 34.7. The van der Waals surface area contributed by atoms with Crippen LogP contribution in [0.1, 0.15) is 51.1 Å². The summed E-state index contributed by atoms with van der Waals surface area (Å²) in [4.78, 5) is 85.3. The molecular weight excluding hydrogens is 692 g/mol. The zero-order valence-corrected chi connectivity index (χ0v) is 29.9. The quantitative estimate of drug-likeness (QED) is 0.230. The van der Waals surface area contributed by atoms with Crippen LogP contribution in [0.4, 0.5) is 0 Å². The Morgan fingerprint density at radius 1 is 0.926 bits per heavy atom. The average Bonchev–Trinajstić information content (AvgIpc) is 3.41. The summed E-state index contributed by atoms with van der Waals surface area (Å²) in [6.07, 6.45) is 5.93. The maximum atomic E-state index is 13.2. The molecule has 5 amide bonds. The maximum absolute atomic E-state index is 13.2. The Balaban J connectivity index is 0.928. The van der Waals surface area contributed by atoms with Crippen LogP contribution in [0.3, 0.4) is 0 Å². The number of carbonyl (C=O) groups excluding carboxylic acids is 5. The zero-order valence-electron chi connectivity index (χ0n) is 29.9. The molecule has 0 radical (unpaired) electrons. The van der Waals surface area contributed by atoms with Crippen LogP contribution in [0.25, 0.3) is 21.9 Å². The minimum absolute atomic E-state index is 0.0352. The molecule has 6 heterocycles. The molecule has 54 heavy (non-hydrogen) atoms. The van der Waals surface area contributed by atoms with E-state index in [4.69, 9.17) is 9.47 Å². The summed E-state index contributed by atoms with van der Waals surface area (Å²) in [6, 6.07) is 9.30. The molecule has 14 heteroatoms. The molecule has 4 aliphatic rings. The lowest BCUT2D eigenvalue weighted by Crippen LogP contribution is -2.64. The number of nitrogens with one attached hydrogen (secondary N) is 1. The number of hydrogen-bond acceptors (Lipinski definition) is 10. The van der Waals surface area contributed by atoms with Crippen molar-refractivity contribution in [3.05, 3.63) is 87.6 Å². The van der Waals surface area contributed by atoms with Gasteiger partial charge in [-0.05, 0) is 60.2 Å². The van der Waals surface area contributed by atoms with Gasteiger partial charge in [-0.3, -0.25) is 48.9 Å². The van der Waals surface area contributed by atoms with Crippen LogP contribution in [0.2, 0.25) is 0 Å². The maximum Gasteiger partial charge on any atom is 0.299 e. The molecule has 4 aliphatic heterocycles. The van der Waals surface area contributed by atoms with Crippen LogP contribution in [0, 0.1) is 17.8 Å². The van der Waals surface area contributed by atoms with E-state index in [1.165, 1.54) is 12.1 Å². The highest BCUT2D eigenvalue weighted by Crippen LogP contribution is 2.40. The zero-order chi connectivity index (χ0) is 37.8. The standard InChI is InChI=1S/C40H36N6O8/c1-43-20-29(25-10-12-41-17-28(25)38(43)50)23-15-33(53-2)30(34(16-23)54-3)21-44-13-11-31-24(18-44)19-45(31)36(48)9-5-22-4-6-26-27(14-22)40(52)46(39(26)51)32-7-8-35(47)42-37(32)49/h4,6,10,12,14-17,20,24,31-32H,7-8,11,13,18-19,21H2,1-3H3,(H,42,47,49). The molecule has 0 bridgehead atoms. The van der Waals surface area contributed by atoms with Crippen LogP contribution in [-0.2, 0) is 28.0 Å². The number of aryl methyl sites for hydroxylation is 1. The van der Waals surface area contributed by atoms with E-state index in [2.05, 4.69) is 27.0 Å². The Kier molecular flexibility index (Phi) is 8.74. The third kappa shape index (κ3) is 5.86. The number of likely N-dealkylation sites (tertiary alicyclic amines) is 2. The van der Waals surface area contributed by atoms with Gasteiger partial charge >= 0.3 is 0 Å². The van der Waals surface area contributed by atoms with E-state index < -0.39 is 29.7 Å². The van der Waals surface area contributed by atoms with Gasteiger partial charge in [0.2, 0.25) is 11.8 Å². The first-order valence-corrected chi connectivity index (χ1v) is 17.7. The van der Waals surface area contributed by atoms with Crippen LogP contribution in [0.5, 0.6) is 11.5 Å². The molecule has 3 fully saturated rings. The van der Waals surface area contributed by atoms with Crippen molar-refractivity contribution in [3.8, 4) is 34.5 Å². The Hall–Kier alpha value is -6.33. The molecule has 274 valence electrons. The Labute approximate surface area is 309 Å². The minimum Gasteiger partial charge on any atom is -0.496 e. The lowest BCUT2D eigenvalue weighted by Gasteiger charge is -2.52. The lowest BCUT2D eigenvalue weighted by atomic mass is 9.82. The second-order valence-corrected chi connectivity index (χ2v) is 14.0. The second kappa shape index (κ2) is 13.6. The smallest absolute Gasteiger partial charge is 0.299 e. The summed E-state index contributed by atoms with van der Waals surface area (Å²) in [5, 5.41) is 3.50. The van der Waals surface area contributed by atoms with E-state index in [9.17, 15) is 28.8 Å². The molecule has 4 aromatic rings. The number of ether oxygens (including phenoxy) is 2. The summed E-state index contributed by atoms with van der Waals surface area (Å²) in [7, 11) is 4.97. The molecule has 14 nitrogen and oxygen atoms in total. The summed E-state index contributed by atoms with van der Waals surface area (Å²) < 4.78 is 13.3. The van der Waals surface area contributed by atoms with Gasteiger partial charge in [0.1, 0.15) is 17.5 Å². The van der Waals surface area contributed by atoms with Crippen molar-refractivity contribution >= 4 is 40.3 Å². The molecule has 0 aliphatic carbocycles. The van der Waals surface area contributed by atoms with Gasteiger partial charge in [-0.25, -0.2) is 0 Å². The molecule has 0 saturated carbocycles. The fourth-order valence-electron chi connectivity index (χ4n) is 8.12. The number of aromatic nitrogens is 2. The van der Waals surface area contributed by atoms with Crippen molar-refractivity contribution < 1.29 is 33.4 Å². The number of rotatable bonds is 6. The Bertz CT molecular complexity index is 2400. The molecule has 2 aromatic heterocycles. The van der Waals surface area contributed by atoms with E-state index in [0.717, 1.165) is 46.5 Å². The average molecular weight is 729 g/mol. The second-order valence-electron chi connectivity index (χ2n) is 14.0. The molecule has 3 saturated heterocycles. The normalized spacial score (nSPS) is 20.8. The number of pyridine rings is 2. The predicted octanol–water partition coefficient (Wildman–Crippen LogP) is 2.10. The molecule has 0 spiro atoms. The fourth-order valence-corrected chi connectivity index (χ4v) is 8.12. The van der Waals surface area contributed by atoms with Gasteiger partial charge in [0, 0.05) is 87.2 Å². The number of imide groups is 2. The van der Waals surface area contributed by atoms with Crippen molar-refractivity contribution in [1.29, 1.82) is 0 Å². The summed E-state index contributed by atoms with van der Waals surface area (Å²) in [5.74, 6) is 4.54.